The van der Waals surface area contributed by atoms with Gasteiger partial charge >= 0.3 is 23.5 Å². The van der Waals surface area contributed by atoms with Crippen LogP contribution >= 0.6 is 46.1 Å². The van der Waals surface area contributed by atoms with E-state index in [1.807, 2.05) is 29.6 Å². The largest absolute Gasteiger partial charge is 0.490 e. The summed E-state index contributed by atoms with van der Waals surface area (Å²) in [5, 5.41) is 23.1. The van der Waals surface area contributed by atoms with Gasteiger partial charge < -0.3 is 34.5 Å². The molecule has 3 unspecified atom stereocenters. The van der Waals surface area contributed by atoms with Gasteiger partial charge in [0.15, 0.2) is 11.9 Å². The van der Waals surface area contributed by atoms with Gasteiger partial charge in [0.1, 0.15) is 23.8 Å². The predicted octanol–water partition coefficient (Wildman–Crippen LogP) is 2.85. The Morgan fingerprint density at radius 2 is 1.68 bits per heavy atom. The Labute approximate surface area is 232 Å². The molecule has 0 spiro atoms. The number of hydrogen-bond donors (Lipinski definition) is 6. The van der Waals surface area contributed by atoms with Crippen molar-refractivity contribution in [3.05, 3.63) is 48.2 Å². The summed E-state index contributed by atoms with van der Waals surface area (Å²) in [5.41, 5.74) is 1.58. The number of aliphatic hydroxyl groups excluding tert-OH is 2. The quantitative estimate of drug-likeness (QED) is 0.135. The van der Waals surface area contributed by atoms with E-state index in [-0.39, 0.29) is 0 Å². The smallest absolute Gasteiger partial charge is 0.387 e. The Bertz CT molecular complexity index is 1650. The third kappa shape index (κ3) is 6.52. The number of nitrogens with zero attached hydrogens (tertiary/aromatic N) is 3. The van der Waals surface area contributed by atoms with Gasteiger partial charge in [-0.3, -0.25) is 9.09 Å². The third-order valence-corrected chi connectivity index (χ3v) is 11.5. The SMILES string of the molecule is O=P(O)(O)OP(=O)(O)OP(=O)(O)OC[C@H]1O[C@@H](n2cnc3c(-c4ccc(-c5cccs5)s4)ccnc32)[C@@H](O)C1O. The Morgan fingerprint density at radius 3 is 2.38 bits per heavy atom. The summed E-state index contributed by atoms with van der Waals surface area (Å²) in [6, 6.07) is 9.72. The van der Waals surface area contributed by atoms with E-state index in [4.69, 9.17) is 14.5 Å². The Morgan fingerprint density at radius 1 is 0.925 bits per heavy atom. The van der Waals surface area contributed by atoms with E-state index in [1.165, 1.54) is 10.9 Å². The number of hydrogen-bond acceptors (Lipinski definition) is 13. The summed E-state index contributed by atoms with van der Waals surface area (Å²) in [6.07, 6.45) is -3.06. The van der Waals surface area contributed by atoms with E-state index in [1.54, 1.807) is 34.9 Å². The minimum Gasteiger partial charge on any atom is -0.387 e. The first-order chi connectivity index (χ1) is 18.7. The zero-order chi connectivity index (χ0) is 28.9. The maximum Gasteiger partial charge on any atom is 0.490 e. The molecular weight excluding hydrogens is 635 g/mol. The Hall–Kier alpha value is -1.69. The van der Waals surface area contributed by atoms with Crippen LogP contribution in [-0.4, -0.2) is 69.2 Å². The molecule has 6 atom stereocenters. The molecule has 1 aliphatic rings. The second-order valence-corrected chi connectivity index (χ2v) is 14.7. The summed E-state index contributed by atoms with van der Waals surface area (Å²) >= 11 is 3.18. The molecule has 1 aliphatic heterocycles. The van der Waals surface area contributed by atoms with Crippen LogP contribution in [0.3, 0.4) is 0 Å². The summed E-state index contributed by atoms with van der Waals surface area (Å²) in [5.74, 6) is 0. The number of rotatable bonds is 10. The molecule has 0 bridgehead atoms. The fourth-order valence-electron chi connectivity index (χ4n) is 3.92. The number of phosphoric acid groups is 3. The van der Waals surface area contributed by atoms with Crippen molar-refractivity contribution in [2.24, 2.45) is 0 Å². The van der Waals surface area contributed by atoms with Gasteiger partial charge in [-0.15, -0.1) is 22.7 Å². The normalized spacial score (nSPS) is 24.8. The van der Waals surface area contributed by atoms with E-state index in [2.05, 4.69) is 23.1 Å². The van der Waals surface area contributed by atoms with Gasteiger partial charge in [0.25, 0.3) is 0 Å². The number of phosphoric ester groups is 1. The fourth-order valence-corrected chi connectivity index (χ4v) is 8.82. The van der Waals surface area contributed by atoms with Crippen molar-refractivity contribution < 1.29 is 61.4 Å². The van der Waals surface area contributed by atoms with Crippen molar-refractivity contribution in [2.75, 3.05) is 6.61 Å². The molecule has 21 heteroatoms. The summed E-state index contributed by atoms with van der Waals surface area (Å²) in [7, 11) is -16.7. The van der Waals surface area contributed by atoms with Crippen LogP contribution in [0, 0.1) is 0 Å². The van der Waals surface area contributed by atoms with Crippen LogP contribution in [0.5, 0.6) is 0 Å². The van der Waals surface area contributed by atoms with Gasteiger partial charge in [0.05, 0.1) is 12.9 Å². The molecule has 1 saturated heterocycles. The van der Waals surface area contributed by atoms with Crippen molar-refractivity contribution in [3.63, 3.8) is 0 Å². The van der Waals surface area contributed by atoms with E-state index >= 15 is 0 Å². The minimum atomic E-state index is -5.72. The van der Waals surface area contributed by atoms with Crippen molar-refractivity contribution in [2.45, 2.75) is 24.5 Å². The predicted molar refractivity (Wildman–Crippen MR) is 140 cm³/mol. The molecule has 216 valence electrons. The lowest BCUT2D eigenvalue weighted by Crippen LogP contribution is -2.33. The monoisotopic (exact) mass is 655 g/mol. The molecule has 1 fully saturated rings. The van der Waals surface area contributed by atoms with Crippen molar-refractivity contribution in [1.29, 1.82) is 0 Å². The van der Waals surface area contributed by atoms with Gasteiger partial charge in [-0.25, -0.2) is 23.7 Å². The molecule has 4 aromatic rings. The number of thiophene rings is 2. The van der Waals surface area contributed by atoms with E-state index in [9.17, 15) is 33.7 Å². The summed E-state index contributed by atoms with van der Waals surface area (Å²) < 4.78 is 53.1. The molecular formula is C19H20N3O13P3S2. The Kier molecular flexibility index (Phi) is 8.33. The lowest BCUT2D eigenvalue weighted by Gasteiger charge is -2.19. The average molecular weight is 655 g/mol. The molecule has 16 nitrogen and oxygen atoms in total. The van der Waals surface area contributed by atoms with Gasteiger partial charge in [0.2, 0.25) is 0 Å². The highest BCUT2D eigenvalue weighted by Crippen LogP contribution is 2.66. The average Bonchev–Trinajstić information content (AvgIpc) is 3.63. The first kappa shape index (κ1) is 29.8. The second-order valence-electron chi connectivity index (χ2n) is 8.26. The molecule has 0 aliphatic carbocycles. The summed E-state index contributed by atoms with van der Waals surface area (Å²) in [6.45, 7) is -0.940. The number of aliphatic hydroxyl groups is 2. The molecule has 0 aromatic carbocycles. The van der Waals surface area contributed by atoms with Crippen LogP contribution < -0.4 is 0 Å². The highest BCUT2D eigenvalue weighted by atomic mass is 32.1. The molecule has 0 radical (unpaired) electrons. The molecule has 5 rings (SSSR count). The first-order valence-corrected chi connectivity index (χ1v) is 17.2. The van der Waals surface area contributed by atoms with Gasteiger partial charge in [-0.05, 0) is 29.6 Å². The molecule has 0 saturated carbocycles. The molecule has 5 heterocycles. The maximum atomic E-state index is 12.0. The fraction of sp³-hybridized carbons (Fsp3) is 0.263. The minimum absolute atomic E-state index is 0.313. The van der Waals surface area contributed by atoms with Gasteiger partial charge in [-0.2, -0.15) is 8.62 Å². The lowest BCUT2D eigenvalue weighted by atomic mass is 10.1. The standard InChI is InChI=1S/C19H20N3O13P3S2/c23-16-11(8-32-37(28,29)35-38(30,31)34-36(25,26)27)33-19(17(16)24)22-9-21-15-10(5-6-20-18(15)22)12-3-4-14(40-12)13-2-1-7-39-13/h1-7,9,11,16-17,19,23-24H,8H2,(H,28,29)(H,30,31)(H2,25,26,27)/t11-,16?,17+,19-/m1/s1. The number of ether oxygens (including phenoxy) is 1. The molecule has 4 aromatic heterocycles. The number of fused-ring (bicyclic) bond motifs is 1. The number of aromatic nitrogens is 3. The highest BCUT2D eigenvalue weighted by Gasteiger charge is 2.47. The van der Waals surface area contributed by atoms with Gasteiger partial charge in [-0.1, -0.05) is 6.07 Å². The van der Waals surface area contributed by atoms with E-state index in [0.717, 1.165) is 20.2 Å². The molecule has 0 amide bonds. The van der Waals surface area contributed by atoms with Crippen molar-refractivity contribution in [1.82, 2.24) is 14.5 Å². The van der Waals surface area contributed by atoms with E-state index in [0.29, 0.717) is 11.2 Å². The van der Waals surface area contributed by atoms with Crippen molar-refractivity contribution >= 4 is 57.3 Å². The first-order valence-electron chi connectivity index (χ1n) is 11.0. The number of pyridine rings is 1. The molecule has 40 heavy (non-hydrogen) atoms. The van der Waals surface area contributed by atoms with Gasteiger partial charge in [0, 0.05) is 26.4 Å². The van der Waals surface area contributed by atoms with Crippen LogP contribution in [0.1, 0.15) is 6.23 Å². The number of imidazole rings is 1. The van der Waals surface area contributed by atoms with Crippen LogP contribution in [-0.2, 0) is 31.6 Å². The van der Waals surface area contributed by atoms with Crippen LogP contribution in [0.4, 0.5) is 0 Å². The molecule has 6 N–H and O–H groups in total. The van der Waals surface area contributed by atoms with Crippen LogP contribution in [0.25, 0.3) is 31.4 Å². The maximum absolute atomic E-state index is 12.0. The summed E-state index contributed by atoms with van der Waals surface area (Å²) in [4.78, 5) is 48.0. The zero-order valence-corrected chi connectivity index (χ0v) is 24.0. The highest BCUT2D eigenvalue weighted by molar-refractivity contribution is 7.66. The third-order valence-electron chi connectivity index (χ3n) is 5.53. The topological polar surface area (TPSA) is 240 Å². The van der Waals surface area contributed by atoms with Crippen molar-refractivity contribution in [3.8, 4) is 20.2 Å². The van der Waals surface area contributed by atoms with Crippen LogP contribution in [0.15, 0.2) is 48.2 Å². The van der Waals surface area contributed by atoms with Crippen LogP contribution in [0.2, 0.25) is 0 Å². The lowest BCUT2D eigenvalue weighted by molar-refractivity contribution is -0.0503. The second kappa shape index (κ2) is 11.2. The van der Waals surface area contributed by atoms with E-state index < -0.39 is 54.6 Å². The zero-order valence-electron chi connectivity index (χ0n) is 19.7. The Balaban J connectivity index is 1.32.